The van der Waals surface area contributed by atoms with Crippen molar-refractivity contribution in [3.8, 4) is 5.75 Å². The number of pyridine rings is 1. The maximum atomic E-state index is 10.4. The minimum atomic E-state index is 0.405. The topological polar surface area (TPSA) is 33.1 Å². The number of benzene rings is 1. The van der Waals surface area contributed by atoms with Gasteiger partial charge in [0.2, 0.25) is 0 Å². The second-order valence-electron chi connectivity index (χ2n) is 6.63. The Morgan fingerprint density at radius 3 is 2.55 bits per heavy atom. The molecule has 1 atom stereocenters. The Hall–Kier alpha value is -1.83. The SMILES string of the molecule is Cc1ccc(O)c(C(Cc2ccncc2)C2CCCCC2)c1. The van der Waals surface area contributed by atoms with E-state index in [9.17, 15) is 5.11 Å². The van der Waals surface area contributed by atoms with Crippen LogP contribution in [0.4, 0.5) is 0 Å². The zero-order valence-corrected chi connectivity index (χ0v) is 13.3. The molecule has 1 aliphatic rings. The van der Waals surface area contributed by atoms with Crippen molar-refractivity contribution >= 4 is 0 Å². The summed E-state index contributed by atoms with van der Waals surface area (Å²) >= 11 is 0. The monoisotopic (exact) mass is 295 g/mol. The van der Waals surface area contributed by atoms with Gasteiger partial charge in [-0.15, -0.1) is 0 Å². The van der Waals surface area contributed by atoms with Crippen LogP contribution in [0.2, 0.25) is 0 Å². The summed E-state index contributed by atoms with van der Waals surface area (Å²) in [7, 11) is 0. The van der Waals surface area contributed by atoms with Gasteiger partial charge in [-0.2, -0.15) is 0 Å². The van der Waals surface area contributed by atoms with Crippen LogP contribution in [0.1, 0.15) is 54.7 Å². The van der Waals surface area contributed by atoms with Crippen molar-refractivity contribution in [1.82, 2.24) is 4.98 Å². The molecule has 2 aromatic rings. The Labute approximate surface area is 133 Å². The Balaban J connectivity index is 1.92. The molecular formula is C20H25NO. The highest BCUT2D eigenvalue weighted by atomic mass is 16.3. The van der Waals surface area contributed by atoms with Gasteiger partial charge in [0.25, 0.3) is 0 Å². The minimum absolute atomic E-state index is 0.405. The second kappa shape index (κ2) is 6.95. The van der Waals surface area contributed by atoms with E-state index in [-0.39, 0.29) is 0 Å². The number of aryl methyl sites for hydroxylation is 1. The van der Waals surface area contributed by atoms with Crippen molar-refractivity contribution < 1.29 is 5.11 Å². The van der Waals surface area contributed by atoms with Gasteiger partial charge in [0.05, 0.1) is 0 Å². The predicted octanol–water partition coefficient (Wildman–Crippen LogP) is 5.00. The molecule has 0 saturated heterocycles. The number of phenols is 1. The van der Waals surface area contributed by atoms with Gasteiger partial charge in [-0.1, -0.05) is 37.0 Å². The Kier molecular flexibility index (Phi) is 4.77. The molecule has 2 nitrogen and oxygen atoms in total. The van der Waals surface area contributed by atoms with Crippen LogP contribution in [0.25, 0.3) is 0 Å². The molecule has 3 rings (SSSR count). The lowest BCUT2D eigenvalue weighted by Gasteiger charge is -2.31. The van der Waals surface area contributed by atoms with Gasteiger partial charge in [0.1, 0.15) is 5.75 Å². The third kappa shape index (κ3) is 3.49. The van der Waals surface area contributed by atoms with Crippen molar-refractivity contribution in [2.75, 3.05) is 0 Å². The van der Waals surface area contributed by atoms with Crippen LogP contribution >= 0.6 is 0 Å². The van der Waals surface area contributed by atoms with E-state index in [4.69, 9.17) is 0 Å². The molecule has 116 valence electrons. The van der Waals surface area contributed by atoms with Crippen LogP contribution in [0.15, 0.2) is 42.7 Å². The number of hydrogen-bond acceptors (Lipinski definition) is 2. The minimum Gasteiger partial charge on any atom is -0.508 e. The standard InChI is InChI=1S/C20H25NO/c1-15-7-8-20(22)19(13-15)18(17-5-3-2-4-6-17)14-16-9-11-21-12-10-16/h7-13,17-18,22H,2-6,14H2,1H3. The molecule has 1 unspecified atom stereocenters. The number of aromatic nitrogens is 1. The first-order valence-corrected chi connectivity index (χ1v) is 8.42. The van der Waals surface area contributed by atoms with Gasteiger partial charge in [-0.3, -0.25) is 4.98 Å². The van der Waals surface area contributed by atoms with Gasteiger partial charge in [-0.25, -0.2) is 0 Å². The maximum Gasteiger partial charge on any atom is 0.119 e. The van der Waals surface area contributed by atoms with E-state index >= 15 is 0 Å². The van der Waals surface area contributed by atoms with E-state index in [2.05, 4.69) is 30.1 Å². The molecule has 0 spiro atoms. The predicted molar refractivity (Wildman–Crippen MR) is 90.1 cm³/mol. The van der Waals surface area contributed by atoms with E-state index in [1.165, 1.54) is 43.2 Å². The Bertz CT molecular complexity index is 602. The van der Waals surface area contributed by atoms with E-state index in [0.717, 1.165) is 12.0 Å². The summed E-state index contributed by atoms with van der Waals surface area (Å²) in [6.07, 6.45) is 11.3. The zero-order valence-electron chi connectivity index (χ0n) is 13.3. The molecule has 1 heterocycles. The van der Waals surface area contributed by atoms with E-state index < -0.39 is 0 Å². The van der Waals surface area contributed by atoms with Crippen LogP contribution < -0.4 is 0 Å². The normalized spacial score (nSPS) is 17.3. The molecule has 1 saturated carbocycles. The summed E-state index contributed by atoms with van der Waals surface area (Å²) in [5.41, 5.74) is 3.67. The highest BCUT2D eigenvalue weighted by Gasteiger charge is 2.27. The van der Waals surface area contributed by atoms with Gasteiger partial charge in [0.15, 0.2) is 0 Å². The molecule has 0 bridgehead atoms. The van der Waals surface area contributed by atoms with Crippen molar-refractivity contribution in [3.63, 3.8) is 0 Å². The molecule has 0 aliphatic heterocycles. The molecule has 22 heavy (non-hydrogen) atoms. The van der Waals surface area contributed by atoms with Gasteiger partial charge in [-0.05, 0) is 67.3 Å². The Morgan fingerprint density at radius 1 is 1.09 bits per heavy atom. The molecule has 1 aliphatic carbocycles. The molecular weight excluding hydrogens is 270 g/mol. The quantitative estimate of drug-likeness (QED) is 0.860. The summed E-state index contributed by atoms with van der Waals surface area (Å²) in [4.78, 5) is 4.12. The smallest absolute Gasteiger partial charge is 0.119 e. The average Bonchev–Trinajstić information content (AvgIpc) is 2.57. The number of hydrogen-bond donors (Lipinski definition) is 1. The van der Waals surface area contributed by atoms with Gasteiger partial charge in [0, 0.05) is 12.4 Å². The molecule has 0 radical (unpaired) electrons. The molecule has 1 N–H and O–H groups in total. The highest BCUT2D eigenvalue weighted by Crippen LogP contribution is 2.41. The number of rotatable bonds is 4. The highest BCUT2D eigenvalue weighted by molar-refractivity contribution is 5.39. The third-order valence-electron chi connectivity index (χ3n) is 5.01. The first-order valence-electron chi connectivity index (χ1n) is 8.42. The van der Waals surface area contributed by atoms with Crippen LogP contribution in [-0.4, -0.2) is 10.1 Å². The first-order chi connectivity index (χ1) is 10.7. The van der Waals surface area contributed by atoms with E-state index in [0.29, 0.717) is 17.6 Å². The zero-order chi connectivity index (χ0) is 15.4. The average molecular weight is 295 g/mol. The molecule has 0 amide bonds. The largest absolute Gasteiger partial charge is 0.508 e. The fourth-order valence-corrected chi connectivity index (χ4v) is 3.81. The summed E-state index contributed by atoms with van der Waals surface area (Å²) in [6.45, 7) is 2.10. The van der Waals surface area contributed by atoms with Crippen molar-refractivity contribution in [1.29, 1.82) is 0 Å². The van der Waals surface area contributed by atoms with Crippen LogP contribution in [0, 0.1) is 12.8 Å². The summed E-state index contributed by atoms with van der Waals surface area (Å²) < 4.78 is 0. The lowest BCUT2D eigenvalue weighted by atomic mass is 9.74. The van der Waals surface area contributed by atoms with E-state index in [1.54, 1.807) is 0 Å². The molecule has 1 aromatic carbocycles. The van der Waals surface area contributed by atoms with E-state index in [1.807, 2.05) is 24.5 Å². The van der Waals surface area contributed by atoms with Crippen molar-refractivity contribution in [3.05, 3.63) is 59.4 Å². The summed E-state index contributed by atoms with van der Waals surface area (Å²) in [6, 6.07) is 10.2. The number of nitrogens with zero attached hydrogens (tertiary/aromatic N) is 1. The fourth-order valence-electron chi connectivity index (χ4n) is 3.81. The van der Waals surface area contributed by atoms with Crippen molar-refractivity contribution in [2.24, 2.45) is 5.92 Å². The Morgan fingerprint density at radius 2 is 1.82 bits per heavy atom. The summed E-state index contributed by atoms with van der Waals surface area (Å²) in [5, 5.41) is 10.4. The lowest BCUT2D eigenvalue weighted by Crippen LogP contribution is -2.19. The molecule has 1 aromatic heterocycles. The first kappa shape index (κ1) is 15.1. The molecule has 1 fully saturated rings. The fraction of sp³-hybridized carbons (Fsp3) is 0.450. The van der Waals surface area contributed by atoms with Gasteiger partial charge >= 0.3 is 0 Å². The van der Waals surface area contributed by atoms with Crippen LogP contribution in [0.5, 0.6) is 5.75 Å². The van der Waals surface area contributed by atoms with Gasteiger partial charge < -0.3 is 5.11 Å². The molecule has 2 heteroatoms. The summed E-state index contributed by atoms with van der Waals surface area (Å²) in [5.74, 6) is 1.53. The number of aromatic hydroxyl groups is 1. The van der Waals surface area contributed by atoms with Crippen molar-refractivity contribution in [2.45, 2.75) is 51.4 Å². The lowest BCUT2D eigenvalue weighted by molar-refractivity contribution is 0.297. The van der Waals surface area contributed by atoms with Crippen LogP contribution in [0.3, 0.4) is 0 Å². The number of phenolic OH excluding ortho intramolecular Hbond substituents is 1. The third-order valence-corrected chi connectivity index (χ3v) is 5.01. The second-order valence-corrected chi connectivity index (χ2v) is 6.63. The van der Waals surface area contributed by atoms with Crippen LogP contribution in [-0.2, 0) is 6.42 Å². The maximum absolute atomic E-state index is 10.4.